The summed E-state index contributed by atoms with van der Waals surface area (Å²) in [7, 11) is 0. The van der Waals surface area contributed by atoms with E-state index in [0.29, 0.717) is 16.5 Å². The minimum atomic E-state index is -0.508. The number of benzene rings is 1. The van der Waals surface area contributed by atoms with E-state index in [1.807, 2.05) is 20.8 Å². The van der Waals surface area contributed by atoms with Crippen LogP contribution in [0.15, 0.2) is 29.6 Å². The van der Waals surface area contributed by atoms with Gasteiger partial charge < -0.3 is 10.6 Å². The summed E-state index contributed by atoms with van der Waals surface area (Å²) in [5.41, 5.74) is 0.581. The van der Waals surface area contributed by atoms with Gasteiger partial charge in [-0.3, -0.25) is 9.59 Å². The van der Waals surface area contributed by atoms with E-state index in [1.165, 1.54) is 35.6 Å². The third kappa shape index (κ3) is 5.14. The van der Waals surface area contributed by atoms with Crippen molar-refractivity contribution in [3.8, 4) is 0 Å². The maximum absolute atomic E-state index is 12.8. The third-order valence-electron chi connectivity index (χ3n) is 2.92. The Kier molecular flexibility index (Phi) is 5.10. The highest BCUT2D eigenvalue weighted by molar-refractivity contribution is 7.13. The molecule has 2 amide bonds. The van der Waals surface area contributed by atoms with Crippen LogP contribution in [0.3, 0.4) is 0 Å². The van der Waals surface area contributed by atoms with E-state index in [0.717, 1.165) is 0 Å². The molecule has 23 heavy (non-hydrogen) atoms. The standard InChI is InChI=1S/C16H18FN3O2S/c1-16(2,3)14(22)20-15-19-12(9-23-15)8-13(21)18-11-6-4-10(17)5-7-11/h4-7,9H,8H2,1-3H3,(H,18,21)(H,19,20,22). The first-order chi connectivity index (χ1) is 10.7. The second kappa shape index (κ2) is 6.87. The Morgan fingerprint density at radius 2 is 1.83 bits per heavy atom. The van der Waals surface area contributed by atoms with Crippen molar-refractivity contribution in [2.45, 2.75) is 27.2 Å². The van der Waals surface area contributed by atoms with Gasteiger partial charge >= 0.3 is 0 Å². The Balaban J connectivity index is 1.92. The highest BCUT2D eigenvalue weighted by Gasteiger charge is 2.22. The fourth-order valence-corrected chi connectivity index (χ4v) is 2.34. The molecule has 0 radical (unpaired) electrons. The summed E-state index contributed by atoms with van der Waals surface area (Å²) < 4.78 is 12.8. The highest BCUT2D eigenvalue weighted by Crippen LogP contribution is 2.21. The van der Waals surface area contributed by atoms with Crippen LogP contribution in [0.25, 0.3) is 0 Å². The van der Waals surface area contributed by atoms with Gasteiger partial charge in [0.15, 0.2) is 5.13 Å². The molecule has 5 nitrogen and oxygen atoms in total. The van der Waals surface area contributed by atoms with Crippen LogP contribution in [0.2, 0.25) is 0 Å². The molecule has 1 aromatic heterocycles. The number of hydrogen-bond acceptors (Lipinski definition) is 4. The maximum Gasteiger partial charge on any atom is 0.231 e. The first-order valence-electron chi connectivity index (χ1n) is 7.05. The van der Waals surface area contributed by atoms with Crippen molar-refractivity contribution in [2.24, 2.45) is 5.41 Å². The van der Waals surface area contributed by atoms with E-state index in [1.54, 1.807) is 5.38 Å². The average Bonchev–Trinajstić information content (AvgIpc) is 2.87. The van der Waals surface area contributed by atoms with Gasteiger partial charge in [-0.25, -0.2) is 9.37 Å². The zero-order valence-corrected chi connectivity index (χ0v) is 14.0. The SMILES string of the molecule is CC(C)(C)C(=O)Nc1nc(CC(=O)Nc2ccc(F)cc2)cs1. The highest BCUT2D eigenvalue weighted by atomic mass is 32.1. The molecule has 0 aliphatic heterocycles. The van der Waals surface area contributed by atoms with Crippen LogP contribution < -0.4 is 10.6 Å². The molecule has 0 aliphatic rings. The molecule has 0 unspecified atom stereocenters. The van der Waals surface area contributed by atoms with Crippen molar-refractivity contribution < 1.29 is 14.0 Å². The second-order valence-corrected chi connectivity index (χ2v) is 6.94. The molecule has 0 saturated heterocycles. The van der Waals surface area contributed by atoms with Gasteiger partial charge in [0.05, 0.1) is 12.1 Å². The van der Waals surface area contributed by atoms with Crippen molar-refractivity contribution in [3.63, 3.8) is 0 Å². The minimum absolute atomic E-state index is 0.0826. The van der Waals surface area contributed by atoms with E-state index in [2.05, 4.69) is 15.6 Å². The topological polar surface area (TPSA) is 71.1 Å². The summed E-state index contributed by atoms with van der Waals surface area (Å²) in [5.74, 6) is -0.744. The predicted octanol–water partition coefficient (Wildman–Crippen LogP) is 3.45. The Hall–Kier alpha value is -2.28. The van der Waals surface area contributed by atoms with E-state index in [-0.39, 0.29) is 24.1 Å². The van der Waals surface area contributed by atoms with Crippen LogP contribution in [-0.4, -0.2) is 16.8 Å². The van der Waals surface area contributed by atoms with E-state index < -0.39 is 5.41 Å². The summed E-state index contributed by atoms with van der Waals surface area (Å²) in [5, 5.41) is 7.58. The molecule has 0 atom stereocenters. The maximum atomic E-state index is 12.8. The minimum Gasteiger partial charge on any atom is -0.326 e. The molecule has 1 heterocycles. The molecule has 2 aromatic rings. The number of thiazole rings is 1. The molecule has 0 saturated carbocycles. The van der Waals surface area contributed by atoms with Crippen LogP contribution in [0, 0.1) is 11.2 Å². The number of amides is 2. The lowest BCUT2D eigenvalue weighted by Gasteiger charge is -2.15. The lowest BCUT2D eigenvalue weighted by Crippen LogP contribution is -2.27. The number of carbonyl (C=O) groups is 2. The van der Waals surface area contributed by atoms with Crippen molar-refractivity contribution >= 4 is 34.0 Å². The number of aromatic nitrogens is 1. The summed E-state index contributed by atoms with van der Waals surface area (Å²) in [6.45, 7) is 5.44. The van der Waals surface area contributed by atoms with Gasteiger partial charge in [-0.2, -0.15) is 0 Å². The van der Waals surface area contributed by atoms with Crippen LogP contribution in [0.4, 0.5) is 15.2 Å². The first-order valence-corrected chi connectivity index (χ1v) is 7.93. The molecule has 0 fully saturated rings. The molecule has 1 aromatic carbocycles. The lowest BCUT2D eigenvalue weighted by molar-refractivity contribution is -0.123. The van der Waals surface area contributed by atoms with Crippen LogP contribution in [0.5, 0.6) is 0 Å². The van der Waals surface area contributed by atoms with Crippen LogP contribution in [0.1, 0.15) is 26.5 Å². The smallest absolute Gasteiger partial charge is 0.231 e. The predicted molar refractivity (Wildman–Crippen MR) is 88.9 cm³/mol. The number of carbonyl (C=O) groups excluding carboxylic acids is 2. The Morgan fingerprint density at radius 1 is 1.17 bits per heavy atom. The number of rotatable bonds is 4. The molecule has 2 N–H and O–H groups in total. The molecule has 0 spiro atoms. The molecule has 2 rings (SSSR count). The second-order valence-electron chi connectivity index (χ2n) is 6.08. The first kappa shape index (κ1) is 17.1. The largest absolute Gasteiger partial charge is 0.326 e. The zero-order valence-electron chi connectivity index (χ0n) is 13.1. The number of hydrogen-bond donors (Lipinski definition) is 2. The van der Waals surface area contributed by atoms with Gasteiger partial charge in [0, 0.05) is 16.5 Å². The molecule has 0 aliphatic carbocycles. The fourth-order valence-electron chi connectivity index (χ4n) is 1.63. The Morgan fingerprint density at radius 3 is 2.43 bits per heavy atom. The van der Waals surface area contributed by atoms with Gasteiger partial charge in [-0.1, -0.05) is 20.8 Å². The van der Waals surface area contributed by atoms with Gasteiger partial charge in [0.1, 0.15) is 5.82 Å². The molecular formula is C16H18FN3O2S. The summed E-state index contributed by atoms with van der Waals surface area (Å²) in [4.78, 5) is 28.0. The van der Waals surface area contributed by atoms with E-state index in [9.17, 15) is 14.0 Å². The van der Waals surface area contributed by atoms with Crippen molar-refractivity contribution in [1.82, 2.24) is 4.98 Å². The van der Waals surface area contributed by atoms with Crippen LogP contribution in [-0.2, 0) is 16.0 Å². The van der Waals surface area contributed by atoms with Crippen molar-refractivity contribution in [2.75, 3.05) is 10.6 Å². The van der Waals surface area contributed by atoms with Crippen molar-refractivity contribution in [1.29, 1.82) is 0 Å². The average molecular weight is 335 g/mol. The van der Waals surface area contributed by atoms with E-state index in [4.69, 9.17) is 0 Å². The third-order valence-corrected chi connectivity index (χ3v) is 3.73. The lowest BCUT2D eigenvalue weighted by atomic mass is 9.96. The van der Waals surface area contributed by atoms with Crippen molar-refractivity contribution in [3.05, 3.63) is 41.2 Å². The zero-order chi connectivity index (χ0) is 17.0. The molecular weight excluding hydrogens is 317 g/mol. The van der Waals surface area contributed by atoms with Gasteiger partial charge in [-0.05, 0) is 24.3 Å². The molecule has 0 bridgehead atoms. The Labute approximate surface area is 137 Å². The monoisotopic (exact) mass is 335 g/mol. The van der Waals surface area contributed by atoms with Crippen LogP contribution >= 0.6 is 11.3 Å². The van der Waals surface area contributed by atoms with E-state index >= 15 is 0 Å². The quantitative estimate of drug-likeness (QED) is 0.899. The van der Waals surface area contributed by atoms with Gasteiger partial charge in [0.25, 0.3) is 0 Å². The number of nitrogens with zero attached hydrogens (tertiary/aromatic N) is 1. The number of halogens is 1. The van der Waals surface area contributed by atoms with Gasteiger partial charge in [0.2, 0.25) is 11.8 Å². The summed E-state index contributed by atoms with van der Waals surface area (Å²) in [6.07, 6.45) is 0.0826. The number of anilines is 2. The van der Waals surface area contributed by atoms with Gasteiger partial charge in [-0.15, -0.1) is 11.3 Å². The fraction of sp³-hybridized carbons (Fsp3) is 0.312. The molecule has 122 valence electrons. The Bertz CT molecular complexity index is 705. The molecule has 7 heteroatoms. The number of nitrogens with one attached hydrogen (secondary N) is 2. The summed E-state index contributed by atoms with van der Waals surface area (Å²) >= 11 is 1.27. The summed E-state index contributed by atoms with van der Waals surface area (Å²) in [6, 6.07) is 5.53. The normalized spacial score (nSPS) is 11.1.